The Morgan fingerprint density at radius 1 is 1.29 bits per heavy atom. The molecule has 0 aliphatic rings. The summed E-state index contributed by atoms with van der Waals surface area (Å²) < 4.78 is 0.964. The lowest BCUT2D eigenvalue weighted by atomic mass is 10.1. The summed E-state index contributed by atoms with van der Waals surface area (Å²) in [4.78, 5) is 16.4. The average Bonchev–Trinajstić information content (AvgIpc) is 2.94. The first kappa shape index (κ1) is 14.2. The second-order valence-electron chi connectivity index (χ2n) is 4.64. The van der Waals surface area contributed by atoms with Crippen LogP contribution in [-0.4, -0.2) is 17.4 Å². The van der Waals surface area contributed by atoms with Gasteiger partial charge in [0.05, 0.1) is 14.9 Å². The molecule has 0 unspecified atom stereocenters. The van der Waals surface area contributed by atoms with Crippen LogP contribution in [0.2, 0.25) is 0 Å². The number of aromatic nitrogens is 1. The van der Waals surface area contributed by atoms with Gasteiger partial charge in [-0.3, -0.25) is 9.78 Å². The number of halogens is 1. The number of benzene rings is 1. The highest BCUT2D eigenvalue weighted by Gasteiger charge is 2.08. The Kier molecular flexibility index (Phi) is 4.31. The van der Waals surface area contributed by atoms with Crippen LogP contribution in [-0.2, 0) is 6.42 Å². The zero-order chi connectivity index (χ0) is 14.7. The van der Waals surface area contributed by atoms with E-state index in [1.54, 1.807) is 6.20 Å². The Bertz CT molecular complexity index is 779. The summed E-state index contributed by atoms with van der Waals surface area (Å²) in [5, 5.41) is 5.92. The Morgan fingerprint density at radius 3 is 2.95 bits per heavy atom. The van der Waals surface area contributed by atoms with E-state index >= 15 is 0 Å². The molecule has 3 aromatic rings. The van der Waals surface area contributed by atoms with E-state index in [1.165, 1.54) is 11.3 Å². The summed E-state index contributed by atoms with van der Waals surface area (Å²) in [6.07, 6.45) is 2.57. The fourth-order valence-corrected chi connectivity index (χ4v) is 3.35. The molecule has 1 N–H and O–H groups in total. The molecule has 1 aromatic carbocycles. The van der Waals surface area contributed by atoms with Crippen LogP contribution >= 0.6 is 27.3 Å². The van der Waals surface area contributed by atoms with Crippen molar-refractivity contribution >= 4 is 44.1 Å². The number of carbonyl (C=O) groups is 1. The van der Waals surface area contributed by atoms with Crippen molar-refractivity contribution in [1.29, 1.82) is 0 Å². The fourth-order valence-electron chi connectivity index (χ4n) is 2.21. The van der Waals surface area contributed by atoms with Crippen LogP contribution in [0.5, 0.6) is 0 Å². The van der Waals surface area contributed by atoms with Gasteiger partial charge in [-0.25, -0.2) is 0 Å². The fraction of sp³-hybridized carbons (Fsp3) is 0.125. The van der Waals surface area contributed by atoms with Gasteiger partial charge in [0.25, 0.3) is 5.91 Å². The largest absolute Gasteiger partial charge is 0.352 e. The zero-order valence-corrected chi connectivity index (χ0v) is 13.6. The van der Waals surface area contributed by atoms with Crippen LogP contribution in [0, 0.1) is 0 Å². The Labute approximate surface area is 135 Å². The summed E-state index contributed by atoms with van der Waals surface area (Å²) in [7, 11) is 0. The molecular formula is C16H13BrN2OS. The van der Waals surface area contributed by atoms with Gasteiger partial charge >= 0.3 is 0 Å². The van der Waals surface area contributed by atoms with Crippen molar-refractivity contribution < 1.29 is 4.79 Å². The van der Waals surface area contributed by atoms with E-state index in [2.05, 4.69) is 32.3 Å². The van der Waals surface area contributed by atoms with Crippen LogP contribution in [0.4, 0.5) is 0 Å². The number of pyridine rings is 1. The van der Waals surface area contributed by atoms with Gasteiger partial charge in [0.2, 0.25) is 0 Å². The Balaban J connectivity index is 1.66. The van der Waals surface area contributed by atoms with Crippen molar-refractivity contribution in [3.63, 3.8) is 0 Å². The average molecular weight is 361 g/mol. The van der Waals surface area contributed by atoms with Gasteiger partial charge in [-0.15, -0.1) is 11.3 Å². The summed E-state index contributed by atoms with van der Waals surface area (Å²) in [6, 6.07) is 11.9. The number of hydrogen-bond acceptors (Lipinski definition) is 3. The second kappa shape index (κ2) is 6.37. The number of nitrogens with zero attached hydrogens (tertiary/aromatic N) is 1. The molecule has 0 atom stereocenters. The molecule has 0 radical (unpaired) electrons. The van der Waals surface area contributed by atoms with Gasteiger partial charge in [-0.05, 0) is 40.0 Å². The standard InChI is InChI=1S/C16H13BrN2OS/c17-14-9-13(10-21-14)16(20)19-8-6-12-4-1-3-11-5-2-7-18-15(11)12/h1-5,7,9-10H,6,8H2,(H,19,20). The number of para-hydroxylation sites is 1. The zero-order valence-electron chi connectivity index (χ0n) is 11.2. The molecule has 0 bridgehead atoms. The molecule has 0 spiro atoms. The van der Waals surface area contributed by atoms with E-state index in [9.17, 15) is 4.79 Å². The second-order valence-corrected chi connectivity index (χ2v) is 6.93. The topological polar surface area (TPSA) is 42.0 Å². The van der Waals surface area contributed by atoms with E-state index in [4.69, 9.17) is 0 Å². The third kappa shape index (κ3) is 3.31. The van der Waals surface area contributed by atoms with Crippen LogP contribution in [0.15, 0.2) is 51.8 Å². The smallest absolute Gasteiger partial charge is 0.252 e. The maximum absolute atomic E-state index is 12.0. The third-order valence-corrected chi connectivity index (χ3v) is 4.73. The minimum absolute atomic E-state index is 0.0369. The van der Waals surface area contributed by atoms with Crippen LogP contribution in [0.3, 0.4) is 0 Å². The molecular weight excluding hydrogens is 348 g/mol. The first-order valence-electron chi connectivity index (χ1n) is 6.59. The molecule has 0 saturated carbocycles. The lowest BCUT2D eigenvalue weighted by Gasteiger charge is -2.06. The van der Waals surface area contributed by atoms with Gasteiger partial charge in [0.1, 0.15) is 0 Å². The summed E-state index contributed by atoms with van der Waals surface area (Å²) in [5.41, 5.74) is 2.86. The number of nitrogens with one attached hydrogen (secondary N) is 1. The highest BCUT2D eigenvalue weighted by molar-refractivity contribution is 9.11. The van der Waals surface area contributed by atoms with Crippen molar-refractivity contribution in [2.45, 2.75) is 6.42 Å². The van der Waals surface area contributed by atoms with Gasteiger partial charge in [-0.2, -0.15) is 0 Å². The molecule has 5 heteroatoms. The molecule has 0 saturated heterocycles. The van der Waals surface area contributed by atoms with Crippen LogP contribution < -0.4 is 5.32 Å². The summed E-state index contributed by atoms with van der Waals surface area (Å²) in [6.45, 7) is 0.599. The lowest BCUT2D eigenvalue weighted by molar-refractivity contribution is 0.0954. The van der Waals surface area contributed by atoms with E-state index in [1.807, 2.05) is 35.7 Å². The maximum Gasteiger partial charge on any atom is 0.252 e. The molecule has 3 nitrogen and oxygen atoms in total. The number of amides is 1. The minimum atomic E-state index is -0.0369. The van der Waals surface area contributed by atoms with Crippen molar-refractivity contribution in [2.24, 2.45) is 0 Å². The molecule has 0 fully saturated rings. The number of carbonyl (C=O) groups excluding carboxylic acids is 1. The molecule has 2 heterocycles. The maximum atomic E-state index is 12.0. The third-order valence-electron chi connectivity index (χ3n) is 3.23. The highest BCUT2D eigenvalue weighted by Crippen LogP contribution is 2.20. The number of thiophene rings is 1. The Hall–Kier alpha value is -1.72. The van der Waals surface area contributed by atoms with E-state index in [0.717, 1.165) is 26.7 Å². The molecule has 3 rings (SSSR count). The predicted octanol–water partition coefficient (Wildman–Crippen LogP) is 4.03. The van der Waals surface area contributed by atoms with Crippen molar-refractivity contribution in [3.8, 4) is 0 Å². The first-order valence-corrected chi connectivity index (χ1v) is 8.26. The number of rotatable bonds is 4. The number of fused-ring (bicyclic) bond motifs is 1. The minimum Gasteiger partial charge on any atom is -0.352 e. The van der Waals surface area contributed by atoms with Crippen LogP contribution in [0.25, 0.3) is 10.9 Å². The molecule has 0 aliphatic carbocycles. The molecule has 2 aromatic heterocycles. The predicted molar refractivity (Wildman–Crippen MR) is 89.8 cm³/mol. The monoisotopic (exact) mass is 360 g/mol. The molecule has 21 heavy (non-hydrogen) atoms. The number of hydrogen-bond donors (Lipinski definition) is 1. The quantitative estimate of drug-likeness (QED) is 0.762. The van der Waals surface area contributed by atoms with Gasteiger partial charge in [0, 0.05) is 23.5 Å². The SMILES string of the molecule is O=C(NCCc1cccc2cccnc12)c1csc(Br)c1. The van der Waals surface area contributed by atoms with Gasteiger partial charge in [-0.1, -0.05) is 24.3 Å². The van der Waals surface area contributed by atoms with Crippen molar-refractivity contribution in [2.75, 3.05) is 6.54 Å². The lowest BCUT2D eigenvalue weighted by Crippen LogP contribution is -2.25. The van der Waals surface area contributed by atoms with E-state index < -0.39 is 0 Å². The highest BCUT2D eigenvalue weighted by atomic mass is 79.9. The van der Waals surface area contributed by atoms with Crippen molar-refractivity contribution in [3.05, 3.63) is 62.9 Å². The Morgan fingerprint density at radius 2 is 2.14 bits per heavy atom. The molecule has 1 amide bonds. The van der Waals surface area contributed by atoms with Gasteiger partial charge in [0.15, 0.2) is 0 Å². The van der Waals surface area contributed by atoms with Crippen LogP contribution in [0.1, 0.15) is 15.9 Å². The first-order chi connectivity index (χ1) is 10.2. The van der Waals surface area contributed by atoms with Crippen molar-refractivity contribution in [1.82, 2.24) is 10.3 Å². The normalized spacial score (nSPS) is 10.7. The van der Waals surface area contributed by atoms with Gasteiger partial charge < -0.3 is 5.32 Å². The van der Waals surface area contributed by atoms with E-state index in [-0.39, 0.29) is 5.91 Å². The molecule has 106 valence electrons. The van der Waals surface area contributed by atoms with E-state index in [0.29, 0.717) is 12.1 Å². The summed E-state index contributed by atoms with van der Waals surface area (Å²) >= 11 is 4.87. The summed E-state index contributed by atoms with van der Waals surface area (Å²) in [5.74, 6) is -0.0369. The molecule has 0 aliphatic heterocycles.